The predicted octanol–water partition coefficient (Wildman–Crippen LogP) is 5.15. The first-order chi connectivity index (χ1) is 11.3. The predicted molar refractivity (Wildman–Crippen MR) is 95.3 cm³/mol. The normalized spacial score (nSPS) is 11.4. The fourth-order valence-electron chi connectivity index (χ4n) is 2.23. The molecule has 0 bridgehead atoms. The number of nitrogens with zero attached hydrogens (tertiary/aromatic N) is 2. The molecule has 23 heavy (non-hydrogen) atoms. The van der Waals surface area contributed by atoms with E-state index in [1.54, 1.807) is 0 Å². The molecule has 0 N–H and O–H groups in total. The summed E-state index contributed by atoms with van der Waals surface area (Å²) >= 11 is 1.53. The van der Waals surface area contributed by atoms with E-state index in [0.29, 0.717) is 12.2 Å². The number of allylic oxidation sites excluding steroid dienone is 1. The third-order valence-corrected chi connectivity index (χ3v) is 4.39. The van der Waals surface area contributed by atoms with Gasteiger partial charge in [-0.1, -0.05) is 37.3 Å². The van der Waals surface area contributed by atoms with E-state index >= 15 is 0 Å². The first-order valence-corrected chi connectivity index (χ1v) is 8.33. The first-order valence-electron chi connectivity index (χ1n) is 7.51. The summed E-state index contributed by atoms with van der Waals surface area (Å²) in [6.07, 6.45) is 2.80. The van der Waals surface area contributed by atoms with Gasteiger partial charge in [0.25, 0.3) is 0 Å². The topological polar surface area (TPSA) is 45.9 Å². The molecule has 0 radical (unpaired) electrons. The molecule has 0 saturated heterocycles. The zero-order valence-corrected chi connectivity index (χ0v) is 13.6. The monoisotopic (exact) mass is 320 g/mol. The highest BCUT2D eigenvalue weighted by Gasteiger charge is 2.10. The lowest BCUT2D eigenvalue weighted by molar-refractivity contribution is 0.317. The smallest absolute Gasteiger partial charge is 0.135 e. The molecular formula is C19H16N2OS. The van der Waals surface area contributed by atoms with Crippen LogP contribution < -0.4 is 4.74 Å². The Hall–Kier alpha value is -2.64. The van der Waals surface area contributed by atoms with Gasteiger partial charge in [-0.15, -0.1) is 11.3 Å². The lowest BCUT2D eigenvalue weighted by atomic mass is 10.1. The number of aromatic nitrogens is 1. The van der Waals surface area contributed by atoms with Crippen LogP contribution in [0.1, 0.15) is 23.9 Å². The molecule has 0 unspecified atom stereocenters. The van der Waals surface area contributed by atoms with E-state index in [1.165, 1.54) is 11.3 Å². The van der Waals surface area contributed by atoms with Crippen LogP contribution in [0.2, 0.25) is 0 Å². The molecule has 3 aromatic rings. The van der Waals surface area contributed by atoms with Crippen molar-refractivity contribution in [1.29, 1.82) is 5.26 Å². The van der Waals surface area contributed by atoms with E-state index in [1.807, 2.05) is 54.6 Å². The molecule has 1 heterocycles. The third-order valence-electron chi connectivity index (χ3n) is 3.33. The summed E-state index contributed by atoms with van der Waals surface area (Å²) in [5.41, 5.74) is 2.37. The summed E-state index contributed by atoms with van der Waals surface area (Å²) in [6, 6.07) is 17.9. The van der Waals surface area contributed by atoms with Gasteiger partial charge < -0.3 is 4.74 Å². The highest BCUT2D eigenvalue weighted by Crippen LogP contribution is 2.29. The summed E-state index contributed by atoms with van der Waals surface area (Å²) in [7, 11) is 0. The number of hydrogen-bond acceptors (Lipinski definition) is 4. The van der Waals surface area contributed by atoms with E-state index in [9.17, 15) is 5.26 Å². The van der Waals surface area contributed by atoms with Crippen LogP contribution in [0.4, 0.5) is 0 Å². The van der Waals surface area contributed by atoms with E-state index in [0.717, 1.165) is 33.0 Å². The van der Waals surface area contributed by atoms with Crippen molar-refractivity contribution < 1.29 is 4.74 Å². The maximum absolute atomic E-state index is 9.54. The van der Waals surface area contributed by atoms with Crippen LogP contribution in [0.3, 0.4) is 0 Å². The zero-order valence-electron chi connectivity index (χ0n) is 12.8. The van der Waals surface area contributed by atoms with Crippen molar-refractivity contribution in [1.82, 2.24) is 4.98 Å². The van der Waals surface area contributed by atoms with Crippen molar-refractivity contribution in [3.63, 3.8) is 0 Å². The molecule has 2 aromatic carbocycles. The highest BCUT2D eigenvalue weighted by molar-refractivity contribution is 7.19. The Morgan fingerprint density at radius 1 is 1.22 bits per heavy atom. The van der Waals surface area contributed by atoms with Crippen LogP contribution in [-0.4, -0.2) is 11.6 Å². The molecule has 1 aromatic heterocycles. The van der Waals surface area contributed by atoms with Gasteiger partial charge in [0.05, 0.1) is 22.4 Å². The molecule has 3 nitrogen and oxygen atoms in total. The van der Waals surface area contributed by atoms with Crippen LogP contribution in [0.15, 0.2) is 48.5 Å². The van der Waals surface area contributed by atoms with Crippen molar-refractivity contribution >= 4 is 33.2 Å². The minimum Gasteiger partial charge on any atom is -0.493 e. The molecule has 0 aliphatic carbocycles. The van der Waals surface area contributed by atoms with Gasteiger partial charge in [0.2, 0.25) is 0 Å². The van der Waals surface area contributed by atoms with Crippen molar-refractivity contribution in [2.75, 3.05) is 6.61 Å². The second-order valence-corrected chi connectivity index (χ2v) is 6.07. The summed E-state index contributed by atoms with van der Waals surface area (Å²) in [6.45, 7) is 2.73. The summed E-state index contributed by atoms with van der Waals surface area (Å²) in [4.78, 5) is 4.56. The van der Waals surface area contributed by atoms with Crippen molar-refractivity contribution in [3.8, 4) is 11.8 Å². The van der Waals surface area contributed by atoms with E-state index in [4.69, 9.17) is 4.74 Å². The molecule has 0 saturated carbocycles. The largest absolute Gasteiger partial charge is 0.493 e. The quantitative estimate of drug-likeness (QED) is 0.611. The molecular weight excluding hydrogens is 304 g/mol. The van der Waals surface area contributed by atoms with E-state index < -0.39 is 0 Å². The van der Waals surface area contributed by atoms with Gasteiger partial charge in [-0.3, -0.25) is 0 Å². The number of fused-ring (bicyclic) bond motifs is 1. The number of ether oxygens (including phenoxy) is 1. The number of thiazole rings is 1. The number of rotatable bonds is 5. The molecule has 0 aliphatic heterocycles. The Labute approximate surface area is 139 Å². The Morgan fingerprint density at radius 2 is 2.00 bits per heavy atom. The number of para-hydroxylation sites is 2. The molecule has 0 amide bonds. The minimum absolute atomic E-state index is 0.554. The number of benzene rings is 2. The summed E-state index contributed by atoms with van der Waals surface area (Å²) in [5, 5.41) is 10.3. The van der Waals surface area contributed by atoms with Crippen LogP contribution in [0.5, 0.6) is 5.75 Å². The molecule has 0 atom stereocenters. The molecule has 0 spiro atoms. The second-order valence-electron chi connectivity index (χ2n) is 5.04. The van der Waals surface area contributed by atoms with Crippen LogP contribution in [0.25, 0.3) is 21.9 Å². The average Bonchev–Trinajstić information content (AvgIpc) is 3.02. The summed E-state index contributed by atoms with van der Waals surface area (Å²) in [5.74, 6) is 0.795. The highest BCUT2D eigenvalue weighted by atomic mass is 32.1. The maximum Gasteiger partial charge on any atom is 0.135 e. The Bertz CT molecular complexity index is 857. The van der Waals surface area contributed by atoms with Crippen molar-refractivity contribution in [2.45, 2.75) is 13.3 Å². The van der Waals surface area contributed by atoms with Gasteiger partial charge in [0.1, 0.15) is 16.8 Å². The standard InChI is InChI=1S/C19H16N2OS/c1-2-11-22-17-9-5-3-7-14(17)12-15(13-20)19-21-16-8-4-6-10-18(16)23-19/h3-10,12H,2,11H2,1H3/b15-12-. The van der Waals surface area contributed by atoms with Gasteiger partial charge in [-0.05, 0) is 30.7 Å². The van der Waals surface area contributed by atoms with Gasteiger partial charge in [0, 0.05) is 5.56 Å². The van der Waals surface area contributed by atoms with E-state index in [2.05, 4.69) is 18.0 Å². The fraction of sp³-hybridized carbons (Fsp3) is 0.158. The Kier molecular flexibility index (Phi) is 4.70. The van der Waals surface area contributed by atoms with E-state index in [-0.39, 0.29) is 0 Å². The van der Waals surface area contributed by atoms with Gasteiger partial charge in [-0.2, -0.15) is 5.26 Å². The van der Waals surface area contributed by atoms with Crippen LogP contribution >= 0.6 is 11.3 Å². The van der Waals surface area contributed by atoms with Crippen molar-refractivity contribution in [2.24, 2.45) is 0 Å². The Balaban J connectivity index is 2.00. The second kappa shape index (κ2) is 7.08. The molecule has 114 valence electrons. The minimum atomic E-state index is 0.554. The maximum atomic E-state index is 9.54. The third kappa shape index (κ3) is 3.41. The lowest BCUT2D eigenvalue weighted by Gasteiger charge is -2.07. The van der Waals surface area contributed by atoms with Gasteiger partial charge in [-0.25, -0.2) is 4.98 Å². The van der Waals surface area contributed by atoms with Gasteiger partial charge >= 0.3 is 0 Å². The van der Waals surface area contributed by atoms with Gasteiger partial charge in [0.15, 0.2) is 0 Å². The first kappa shape index (κ1) is 15.3. The molecule has 0 aliphatic rings. The lowest BCUT2D eigenvalue weighted by Crippen LogP contribution is -1.96. The SMILES string of the molecule is CCCOc1ccccc1/C=C(/C#N)c1nc2ccccc2s1. The van der Waals surface area contributed by atoms with Crippen LogP contribution in [0, 0.1) is 11.3 Å². The van der Waals surface area contributed by atoms with Crippen molar-refractivity contribution in [3.05, 3.63) is 59.1 Å². The summed E-state index contributed by atoms with van der Waals surface area (Å²) < 4.78 is 6.84. The molecule has 0 fully saturated rings. The van der Waals surface area contributed by atoms with Crippen LogP contribution in [-0.2, 0) is 0 Å². The average molecular weight is 320 g/mol. The Morgan fingerprint density at radius 3 is 2.78 bits per heavy atom. The fourth-order valence-corrected chi connectivity index (χ4v) is 3.16. The number of hydrogen-bond donors (Lipinski definition) is 0. The molecule has 3 rings (SSSR count). The molecule has 4 heteroatoms. The number of nitriles is 1. The zero-order chi connectivity index (χ0) is 16.1.